The molecule has 8 heteroatoms. The van der Waals surface area contributed by atoms with Crippen molar-refractivity contribution < 1.29 is 14.4 Å². The van der Waals surface area contributed by atoms with E-state index >= 15 is 0 Å². The Morgan fingerprint density at radius 2 is 1.97 bits per heavy atom. The standard InChI is InChI=1S/C21H21N3O3S2/c1-21(19(26)23-20(27)24-21)12-29-17-9-5-3-7-14(17)18(25)22-15-10-11-28-16-8-4-2-6-13(15)16/h2-9,15H,10-12H2,1H3,(H,22,25)(H2,23,24,26,27)/t15-,21-/m1/s1. The lowest BCUT2D eigenvalue weighted by Gasteiger charge is -2.26. The van der Waals surface area contributed by atoms with Gasteiger partial charge < -0.3 is 10.6 Å². The molecular weight excluding hydrogens is 406 g/mol. The molecular formula is C21H21N3O3S2. The van der Waals surface area contributed by atoms with Crippen molar-refractivity contribution in [3.63, 3.8) is 0 Å². The SMILES string of the molecule is C[C@]1(CSc2ccccc2C(=O)N[C@@H]2CCSc3ccccc32)NC(=O)NC1=O. The second-order valence-electron chi connectivity index (χ2n) is 7.23. The molecule has 1 saturated heterocycles. The van der Waals surface area contributed by atoms with Crippen LogP contribution in [-0.4, -0.2) is 34.9 Å². The first-order valence-corrected chi connectivity index (χ1v) is 11.3. The van der Waals surface area contributed by atoms with Crippen LogP contribution in [0.5, 0.6) is 0 Å². The molecule has 0 spiro atoms. The van der Waals surface area contributed by atoms with Gasteiger partial charge in [-0.25, -0.2) is 4.79 Å². The molecule has 2 aliphatic rings. The Hall–Kier alpha value is -2.45. The minimum Gasteiger partial charge on any atom is -0.345 e. The van der Waals surface area contributed by atoms with Crippen LogP contribution in [0.25, 0.3) is 0 Å². The highest BCUT2D eigenvalue weighted by Crippen LogP contribution is 2.36. The highest BCUT2D eigenvalue weighted by Gasteiger charge is 2.42. The number of hydrogen-bond acceptors (Lipinski definition) is 5. The number of imide groups is 1. The molecule has 2 aromatic carbocycles. The van der Waals surface area contributed by atoms with E-state index in [1.54, 1.807) is 13.0 Å². The summed E-state index contributed by atoms with van der Waals surface area (Å²) in [6, 6.07) is 15.0. The number of nitrogens with one attached hydrogen (secondary N) is 3. The van der Waals surface area contributed by atoms with E-state index in [0.717, 1.165) is 22.6 Å². The van der Waals surface area contributed by atoms with E-state index in [1.807, 2.05) is 42.1 Å². The van der Waals surface area contributed by atoms with Crippen LogP contribution in [-0.2, 0) is 4.79 Å². The van der Waals surface area contributed by atoms with Crippen molar-refractivity contribution in [3.8, 4) is 0 Å². The first-order chi connectivity index (χ1) is 14.0. The van der Waals surface area contributed by atoms with Gasteiger partial charge in [0.05, 0.1) is 11.6 Å². The van der Waals surface area contributed by atoms with Gasteiger partial charge in [-0.1, -0.05) is 30.3 Å². The van der Waals surface area contributed by atoms with Gasteiger partial charge in [0, 0.05) is 21.3 Å². The maximum atomic E-state index is 13.1. The number of carbonyl (C=O) groups excluding carboxylic acids is 3. The lowest BCUT2D eigenvalue weighted by atomic mass is 10.0. The largest absolute Gasteiger partial charge is 0.345 e. The number of urea groups is 1. The molecule has 0 unspecified atom stereocenters. The number of thioether (sulfide) groups is 2. The Morgan fingerprint density at radius 1 is 1.21 bits per heavy atom. The van der Waals surface area contributed by atoms with E-state index in [2.05, 4.69) is 28.1 Å². The monoisotopic (exact) mass is 427 g/mol. The molecule has 2 heterocycles. The van der Waals surface area contributed by atoms with Crippen molar-refractivity contribution >= 4 is 41.4 Å². The summed E-state index contributed by atoms with van der Waals surface area (Å²) in [7, 11) is 0. The number of rotatable bonds is 5. The average molecular weight is 428 g/mol. The van der Waals surface area contributed by atoms with Crippen LogP contribution in [0.1, 0.15) is 35.3 Å². The van der Waals surface area contributed by atoms with Crippen molar-refractivity contribution in [3.05, 3.63) is 59.7 Å². The van der Waals surface area contributed by atoms with Gasteiger partial charge in [-0.05, 0) is 37.1 Å². The summed E-state index contributed by atoms with van der Waals surface area (Å²) < 4.78 is 0. The normalized spacial score (nSPS) is 23.1. The van der Waals surface area contributed by atoms with E-state index < -0.39 is 11.6 Å². The smallest absolute Gasteiger partial charge is 0.322 e. The lowest BCUT2D eigenvalue weighted by molar-refractivity contribution is -0.122. The van der Waals surface area contributed by atoms with Gasteiger partial charge in [0.25, 0.3) is 11.8 Å². The first-order valence-electron chi connectivity index (χ1n) is 9.34. The van der Waals surface area contributed by atoms with Crippen LogP contribution in [0.15, 0.2) is 58.3 Å². The summed E-state index contributed by atoms with van der Waals surface area (Å²) in [5, 5.41) is 8.08. The second kappa shape index (κ2) is 8.12. The fourth-order valence-corrected chi connectivity index (χ4v) is 5.68. The number of carbonyl (C=O) groups is 3. The lowest BCUT2D eigenvalue weighted by Crippen LogP contribution is -2.46. The van der Waals surface area contributed by atoms with E-state index in [1.165, 1.54) is 16.7 Å². The van der Waals surface area contributed by atoms with E-state index in [0.29, 0.717) is 11.3 Å². The number of amides is 4. The van der Waals surface area contributed by atoms with Gasteiger partial charge in [-0.3, -0.25) is 14.9 Å². The van der Waals surface area contributed by atoms with E-state index in [9.17, 15) is 14.4 Å². The molecule has 3 N–H and O–H groups in total. The highest BCUT2D eigenvalue weighted by molar-refractivity contribution is 7.99. The van der Waals surface area contributed by atoms with Crippen LogP contribution in [0.2, 0.25) is 0 Å². The molecule has 6 nitrogen and oxygen atoms in total. The van der Waals surface area contributed by atoms with Crippen LogP contribution >= 0.6 is 23.5 Å². The molecule has 29 heavy (non-hydrogen) atoms. The Morgan fingerprint density at radius 3 is 2.76 bits per heavy atom. The van der Waals surface area contributed by atoms with Crippen LogP contribution in [0.4, 0.5) is 4.79 Å². The summed E-state index contributed by atoms with van der Waals surface area (Å²) in [5.41, 5.74) is 0.729. The van der Waals surface area contributed by atoms with Crippen molar-refractivity contribution in [2.75, 3.05) is 11.5 Å². The zero-order valence-electron chi connectivity index (χ0n) is 15.9. The fraction of sp³-hybridized carbons (Fsp3) is 0.286. The third kappa shape index (κ3) is 4.13. The van der Waals surface area contributed by atoms with Crippen molar-refractivity contribution in [1.82, 2.24) is 16.0 Å². The van der Waals surface area contributed by atoms with Gasteiger partial charge in [-0.2, -0.15) is 0 Å². The third-order valence-electron chi connectivity index (χ3n) is 5.03. The molecule has 2 aromatic rings. The third-order valence-corrected chi connectivity index (χ3v) is 7.54. The Balaban J connectivity index is 1.49. The van der Waals surface area contributed by atoms with Crippen molar-refractivity contribution in [2.45, 2.75) is 34.7 Å². The summed E-state index contributed by atoms with van der Waals surface area (Å²) in [4.78, 5) is 38.5. The first kappa shape index (κ1) is 19.8. The predicted octanol–water partition coefficient (Wildman–Crippen LogP) is 3.34. The molecule has 2 aliphatic heterocycles. The summed E-state index contributed by atoms with van der Waals surface area (Å²) in [6.07, 6.45) is 0.882. The average Bonchev–Trinajstić information content (AvgIpc) is 2.98. The van der Waals surface area contributed by atoms with Crippen LogP contribution < -0.4 is 16.0 Å². The Kier molecular flexibility index (Phi) is 5.56. The zero-order valence-corrected chi connectivity index (χ0v) is 17.5. The second-order valence-corrected chi connectivity index (χ2v) is 9.38. The van der Waals surface area contributed by atoms with E-state index in [4.69, 9.17) is 0 Å². The molecule has 2 atom stereocenters. The van der Waals surface area contributed by atoms with Gasteiger partial charge in [0.2, 0.25) is 0 Å². The molecule has 0 bridgehead atoms. The molecule has 0 aliphatic carbocycles. The molecule has 4 amide bonds. The number of fused-ring (bicyclic) bond motifs is 1. The molecule has 0 saturated carbocycles. The van der Waals surface area contributed by atoms with Crippen LogP contribution in [0, 0.1) is 0 Å². The summed E-state index contributed by atoms with van der Waals surface area (Å²) in [6.45, 7) is 1.68. The molecule has 4 rings (SSSR count). The van der Waals surface area contributed by atoms with Crippen molar-refractivity contribution in [2.24, 2.45) is 0 Å². The maximum absolute atomic E-state index is 13.1. The molecule has 0 radical (unpaired) electrons. The van der Waals surface area contributed by atoms with Gasteiger partial charge >= 0.3 is 6.03 Å². The van der Waals surface area contributed by atoms with Gasteiger partial charge in [0.15, 0.2) is 0 Å². The predicted molar refractivity (Wildman–Crippen MR) is 114 cm³/mol. The summed E-state index contributed by atoms with van der Waals surface area (Å²) in [5.74, 6) is 0.807. The quantitative estimate of drug-likeness (QED) is 0.503. The molecule has 1 fully saturated rings. The van der Waals surface area contributed by atoms with Gasteiger partial charge in [-0.15, -0.1) is 23.5 Å². The Labute approximate surface area is 177 Å². The zero-order chi connectivity index (χ0) is 20.4. The topological polar surface area (TPSA) is 87.3 Å². The Bertz CT molecular complexity index is 981. The van der Waals surface area contributed by atoms with Crippen molar-refractivity contribution in [1.29, 1.82) is 0 Å². The van der Waals surface area contributed by atoms with Crippen LogP contribution in [0.3, 0.4) is 0 Å². The number of hydrogen-bond donors (Lipinski definition) is 3. The van der Waals surface area contributed by atoms with Gasteiger partial charge in [0.1, 0.15) is 5.54 Å². The molecule has 0 aromatic heterocycles. The minimum atomic E-state index is -0.995. The summed E-state index contributed by atoms with van der Waals surface area (Å²) >= 11 is 3.20. The minimum absolute atomic E-state index is 0.0181. The maximum Gasteiger partial charge on any atom is 0.322 e. The fourth-order valence-electron chi connectivity index (χ4n) is 3.41. The highest BCUT2D eigenvalue weighted by atomic mass is 32.2. The van der Waals surface area contributed by atoms with E-state index in [-0.39, 0.29) is 17.9 Å². The number of benzene rings is 2. The molecule has 150 valence electrons.